The lowest BCUT2D eigenvalue weighted by atomic mass is 9.93. The first kappa shape index (κ1) is 19.7. The molecule has 2 aliphatic rings. The minimum atomic E-state index is -3.86. The minimum absolute atomic E-state index is 0.390. The van der Waals surface area contributed by atoms with Crippen molar-refractivity contribution in [2.75, 3.05) is 13.2 Å². The Labute approximate surface area is 140 Å². The summed E-state index contributed by atoms with van der Waals surface area (Å²) in [6.45, 7) is -4.75. The summed E-state index contributed by atoms with van der Waals surface area (Å²) >= 11 is 4.81. The van der Waals surface area contributed by atoms with Gasteiger partial charge >= 0.3 is 6.72 Å². The van der Waals surface area contributed by atoms with Crippen LogP contribution in [-0.2, 0) is 30.3 Å². The van der Waals surface area contributed by atoms with E-state index in [1.807, 2.05) is 0 Å². The van der Waals surface area contributed by atoms with Gasteiger partial charge in [0.2, 0.25) is 0 Å². The van der Waals surface area contributed by atoms with Crippen molar-refractivity contribution in [3.05, 3.63) is 0 Å². The monoisotopic (exact) mass is 366 g/mol. The van der Waals surface area contributed by atoms with Gasteiger partial charge in [-0.3, -0.25) is 4.52 Å². The highest BCUT2D eigenvalue weighted by Crippen LogP contribution is 2.48. The van der Waals surface area contributed by atoms with Gasteiger partial charge in [0.15, 0.2) is 0 Å². The van der Waals surface area contributed by atoms with E-state index < -0.39 is 62.0 Å². The predicted octanol–water partition coefficient (Wildman–Crippen LogP) is -3.53. The summed E-state index contributed by atoms with van der Waals surface area (Å²) < 4.78 is 20.3. The molecule has 0 aliphatic carbocycles. The molecule has 0 bridgehead atoms. The van der Waals surface area contributed by atoms with E-state index >= 15 is 0 Å². The van der Waals surface area contributed by atoms with E-state index in [0.717, 1.165) is 0 Å². The molecule has 2 rings (SSSR count). The van der Waals surface area contributed by atoms with Gasteiger partial charge in [-0.1, -0.05) is 0 Å². The van der Waals surface area contributed by atoms with E-state index in [1.54, 1.807) is 0 Å². The van der Waals surface area contributed by atoms with E-state index in [1.165, 1.54) is 0 Å². The number of hydrogen-bond donors (Lipinski definition) is 5. The highest BCUT2D eigenvalue weighted by Gasteiger charge is 2.45. The Morgan fingerprint density at radius 3 is 2.09 bits per heavy atom. The molecule has 0 saturated carbocycles. The average Bonchev–Trinajstić information content (AvgIpc) is 2.89. The maximum Gasteiger partial charge on any atom is 0.325 e. The van der Waals surface area contributed by atoms with Gasteiger partial charge in [-0.15, -0.1) is 0 Å². The van der Waals surface area contributed by atoms with Crippen molar-refractivity contribution in [2.24, 2.45) is 0 Å². The van der Waals surface area contributed by atoms with E-state index in [4.69, 9.17) is 51.1 Å². The topological polar surface area (TPSA) is 138 Å². The highest BCUT2D eigenvalue weighted by molar-refractivity contribution is 8.07. The number of aliphatic hydroxyl groups is 4. The van der Waals surface area contributed by atoms with Crippen LogP contribution in [0, 0.1) is 0 Å². The van der Waals surface area contributed by atoms with Crippen LogP contribution in [0.2, 0.25) is 0 Å². The van der Waals surface area contributed by atoms with Crippen LogP contribution >= 0.6 is 6.72 Å². The quantitative estimate of drug-likeness (QED) is 0.238. The van der Waals surface area contributed by atoms with Gasteiger partial charge in [0, 0.05) is 12.0 Å². The minimum Gasteiger partial charge on any atom is -0.394 e. The highest BCUT2D eigenvalue weighted by atomic mass is 32.5. The second-order valence-corrected chi connectivity index (χ2v) is 8.06. The van der Waals surface area contributed by atoms with Gasteiger partial charge < -0.3 is 39.3 Å². The molecule has 0 aromatic rings. The van der Waals surface area contributed by atoms with Gasteiger partial charge in [-0.2, -0.15) is 0 Å². The molecule has 2 heterocycles. The molecule has 13 heteroatoms. The van der Waals surface area contributed by atoms with Gasteiger partial charge in [-0.25, -0.2) is 0 Å². The van der Waals surface area contributed by atoms with Crippen molar-refractivity contribution in [1.29, 1.82) is 0 Å². The molecule has 2 saturated heterocycles. The van der Waals surface area contributed by atoms with Crippen molar-refractivity contribution >= 4 is 34.2 Å². The molecule has 0 spiro atoms. The van der Waals surface area contributed by atoms with Crippen LogP contribution in [0.1, 0.15) is 0 Å². The Hall–Kier alpha value is 0.420. The molecule has 0 aromatic heterocycles. The summed E-state index contributed by atoms with van der Waals surface area (Å²) in [4.78, 5) is 10.0. The van der Waals surface area contributed by atoms with Gasteiger partial charge in [0.1, 0.15) is 46.2 Å². The summed E-state index contributed by atoms with van der Waals surface area (Å²) in [5.41, 5.74) is 0. The normalized spacial score (nSPS) is 46.8. The molecule has 5 N–H and O–H groups in total. The molecule has 0 amide bonds. The fourth-order valence-electron chi connectivity index (χ4n) is 2.31. The molecule has 0 aromatic carbocycles. The lowest BCUT2D eigenvalue weighted by Gasteiger charge is -2.26. The third-order valence-corrected chi connectivity index (χ3v) is 5.17. The maximum absolute atomic E-state index is 10.0. The number of ether oxygens (including phenoxy) is 2. The Balaban J connectivity index is 1.91. The Bertz CT molecular complexity index is 460. The lowest BCUT2D eigenvalue weighted by Crippen LogP contribution is -2.37. The standard InChI is InChI=1S/C10H17B2O9PS/c11-9-6(15)5(14)4(20-9)2-18-22(17,23)21-8-3(1-13)19-10(12)7(8)16/h3-10,13-16H,1-2H2,(H,17,23). The van der Waals surface area contributed by atoms with Crippen LogP contribution in [0.25, 0.3) is 0 Å². The van der Waals surface area contributed by atoms with Crippen LogP contribution in [0.5, 0.6) is 0 Å². The first-order chi connectivity index (χ1) is 10.7. The summed E-state index contributed by atoms with van der Waals surface area (Å²) in [5.74, 6) is 0. The molecule has 9 unspecified atom stereocenters. The predicted molar refractivity (Wildman–Crippen MR) is 81.3 cm³/mol. The van der Waals surface area contributed by atoms with E-state index in [-0.39, 0.29) is 6.61 Å². The SMILES string of the molecule is [B]C1OC(COP(O)(=S)OC2C(CO)OC([B])C2O)C(O)C1O. The Morgan fingerprint density at radius 1 is 1.00 bits per heavy atom. The van der Waals surface area contributed by atoms with E-state index in [0.29, 0.717) is 0 Å². The Kier molecular flexibility index (Phi) is 6.66. The number of hydrogen-bond acceptors (Lipinski definition) is 9. The van der Waals surface area contributed by atoms with Crippen molar-refractivity contribution in [1.82, 2.24) is 0 Å². The Morgan fingerprint density at radius 2 is 1.57 bits per heavy atom. The largest absolute Gasteiger partial charge is 0.394 e. The van der Waals surface area contributed by atoms with Crippen molar-refractivity contribution in [3.63, 3.8) is 0 Å². The molecule has 4 radical (unpaired) electrons. The van der Waals surface area contributed by atoms with E-state index in [9.17, 15) is 20.2 Å². The third kappa shape index (κ3) is 4.53. The molecule has 2 aliphatic heterocycles. The smallest absolute Gasteiger partial charge is 0.325 e. The second kappa shape index (κ2) is 7.76. The molecule has 128 valence electrons. The zero-order chi connectivity index (χ0) is 17.4. The van der Waals surface area contributed by atoms with Gasteiger partial charge in [-0.05, 0) is 11.8 Å². The van der Waals surface area contributed by atoms with Crippen LogP contribution in [0.15, 0.2) is 0 Å². The van der Waals surface area contributed by atoms with Crippen molar-refractivity contribution in [2.45, 2.75) is 48.6 Å². The van der Waals surface area contributed by atoms with E-state index in [2.05, 4.69) is 0 Å². The first-order valence-corrected chi connectivity index (χ1v) is 9.38. The van der Waals surface area contributed by atoms with Crippen LogP contribution in [0.4, 0.5) is 0 Å². The fraction of sp³-hybridized carbons (Fsp3) is 1.00. The van der Waals surface area contributed by atoms with Crippen LogP contribution in [0.3, 0.4) is 0 Å². The van der Waals surface area contributed by atoms with Crippen molar-refractivity contribution < 1.29 is 43.8 Å². The zero-order valence-corrected chi connectivity index (χ0v) is 13.6. The molecule has 23 heavy (non-hydrogen) atoms. The zero-order valence-electron chi connectivity index (χ0n) is 11.9. The van der Waals surface area contributed by atoms with Crippen LogP contribution < -0.4 is 0 Å². The summed E-state index contributed by atoms with van der Waals surface area (Å²) in [6.07, 6.45) is -7.05. The third-order valence-electron chi connectivity index (χ3n) is 3.61. The number of aliphatic hydroxyl groups excluding tert-OH is 4. The molecular formula is C10H17B2O9PS. The second-order valence-electron chi connectivity index (χ2n) is 5.27. The molecular weight excluding hydrogens is 349 g/mol. The van der Waals surface area contributed by atoms with Gasteiger partial charge in [0.05, 0.1) is 19.3 Å². The molecule has 9 atom stereocenters. The summed E-state index contributed by atoms with van der Waals surface area (Å²) in [6, 6.07) is -2.18. The molecule has 9 nitrogen and oxygen atoms in total. The van der Waals surface area contributed by atoms with Gasteiger partial charge in [0.25, 0.3) is 0 Å². The molecule has 2 fully saturated rings. The van der Waals surface area contributed by atoms with Crippen molar-refractivity contribution in [3.8, 4) is 0 Å². The van der Waals surface area contributed by atoms with Crippen LogP contribution in [-0.4, -0.2) is 103 Å². The average molecular weight is 366 g/mol. The summed E-state index contributed by atoms with van der Waals surface area (Å²) in [7, 11) is 10.9. The first-order valence-electron chi connectivity index (χ1n) is 6.79. The number of rotatable bonds is 6. The lowest BCUT2D eigenvalue weighted by molar-refractivity contribution is -0.0234. The fourth-order valence-corrected chi connectivity index (χ4v) is 3.76. The summed E-state index contributed by atoms with van der Waals surface area (Å²) in [5, 5.41) is 38.1. The maximum atomic E-state index is 10.0.